The van der Waals surface area contributed by atoms with E-state index in [2.05, 4.69) is 53.4 Å². The van der Waals surface area contributed by atoms with Crippen molar-refractivity contribution in [1.29, 1.82) is 0 Å². The maximum absolute atomic E-state index is 12.9. The smallest absolute Gasteiger partial charge is 0.227 e. The van der Waals surface area contributed by atoms with Crippen LogP contribution in [0.4, 0.5) is 0 Å². The molecule has 0 aliphatic rings. The molecule has 3 nitrogen and oxygen atoms in total. The number of nitrogens with two attached hydrogens (primary N) is 1. The summed E-state index contributed by atoms with van der Waals surface area (Å²) in [6.45, 7) is 16.5. The summed E-state index contributed by atoms with van der Waals surface area (Å²) in [7, 11) is 0. The molecule has 120 valence electrons. The first kappa shape index (κ1) is 19.4. The van der Waals surface area contributed by atoms with E-state index >= 15 is 0 Å². The summed E-state index contributed by atoms with van der Waals surface area (Å²) in [6.07, 6.45) is 2.89. The van der Waals surface area contributed by atoms with Crippen LogP contribution in [0.3, 0.4) is 0 Å². The number of rotatable bonds is 8. The second-order valence-corrected chi connectivity index (χ2v) is 7.55. The average molecular weight is 284 g/mol. The van der Waals surface area contributed by atoms with Gasteiger partial charge in [0, 0.05) is 19.1 Å². The Balaban J connectivity index is 5.07. The highest BCUT2D eigenvalue weighted by Gasteiger charge is 2.30. The summed E-state index contributed by atoms with van der Waals surface area (Å²) in [5.74, 6) is 0.701. The molecule has 0 rings (SSSR count). The molecule has 1 atom stereocenters. The van der Waals surface area contributed by atoms with Gasteiger partial charge in [-0.1, -0.05) is 48.5 Å². The molecule has 3 heteroatoms. The zero-order chi connectivity index (χ0) is 15.9. The second-order valence-electron chi connectivity index (χ2n) is 7.55. The summed E-state index contributed by atoms with van der Waals surface area (Å²) in [4.78, 5) is 15.0. The van der Waals surface area contributed by atoms with Gasteiger partial charge in [0.2, 0.25) is 5.91 Å². The zero-order valence-electron chi connectivity index (χ0n) is 14.7. The third-order valence-electron chi connectivity index (χ3n) is 3.72. The Hall–Kier alpha value is -0.570. The fourth-order valence-electron chi connectivity index (χ4n) is 2.79. The SMILES string of the molecule is CCC(CC)N(CC(C)C)C(=O)C(CN)CC(C)(C)C. The van der Waals surface area contributed by atoms with Gasteiger partial charge in [-0.2, -0.15) is 0 Å². The van der Waals surface area contributed by atoms with E-state index in [-0.39, 0.29) is 17.2 Å². The standard InChI is InChI=1S/C17H36N2O/c1-8-15(9-2)19(12-13(3)4)16(20)14(11-18)10-17(5,6)7/h13-15H,8-12,18H2,1-7H3. The average Bonchev–Trinajstić information content (AvgIpc) is 2.33. The van der Waals surface area contributed by atoms with Crippen LogP contribution in [0.25, 0.3) is 0 Å². The number of hydrogen-bond acceptors (Lipinski definition) is 2. The zero-order valence-corrected chi connectivity index (χ0v) is 14.7. The van der Waals surface area contributed by atoms with Crippen molar-refractivity contribution in [3.05, 3.63) is 0 Å². The maximum Gasteiger partial charge on any atom is 0.227 e. The monoisotopic (exact) mass is 284 g/mol. The molecule has 0 spiro atoms. The van der Waals surface area contributed by atoms with E-state index in [1.807, 2.05) is 0 Å². The van der Waals surface area contributed by atoms with Crippen LogP contribution < -0.4 is 5.73 Å². The summed E-state index contributed by atoms with van der Waals surface area (Å²) in [5, 5.41) is 0. The highest BCUT2D eigenvalue weighted by Crippen LogP contribution is 2.26. The minimum Gasteiger partial charge on any atom is -0.339 e. The van der Waals surface area contributed by atoms with Crippen molar-refractivity contribution >= 4 is 5.91 Å². The molecule has 1 unspecified atom stereocenters. The molecule has 0 heterocycles. The molecule has 2 N–H and O–H groups in total. The Morgan fingerprint density at radius 2 is 1.65 bits per heavy atom. The van der Waals surface area contributed by atoms with Gasteiger partial charge in [0.15, 0.2) is 0 Å². The first-order valence-corrected chi connectivity index (χ1v) is 8.16. The van der Waals surface area contributed by atoms with Gasteiger partial charge >= 0.3 is 0 Å². The molecule has 0 fully saturated rings. The number of nitrogens with zero attached hydrogens (tertiary/aromatic N) is 1. The first-order chi connectivity index (χ1) is 9.16. The summed E-state index contributed by atoms with van der Waals surface area (Å²) in [5.41, 5.74) is 6.02. The summed E-state index contributed by atoms with van der Waals surface area (Å²) < 4.78 is 0. The van der Waals surface area contributed by atoms with Crippen molar-refractivity contribution in [1.82, 2.24) is 4.90 Å². The van der Waals surface area contributed by atoms with E-state index in [9.17, 15) is 4.79 Å². The van der Waals surface area contributed by atoms with Gasteiger partial charge in [-0.15, -0.1) is 0 Å². The fraction of sp³-hybridized carbons (Fsp3) is 0.941. The molecule has 0 aliphatic heterocycles. The van der Waals surface area contributed by atoms with Gasteiger partial charge in [-0.05, 0) is 30.6 Å². The van der Waals surface area contributed by atoms with Gasteiger partial charge in [-0.25, -0.2) is 0 Å². The Labute approximate surface area is 126 Å². The van der Waals surface area contributed by atoms with Gasteiger partial charge in [0.05, 0.1) is 5.92 Å². The van der Waals surface area contributed by atoms with Crippen molar-refractivity contribution in [3.8, 4) is 0 Å². The van der Waals surface area contributed by atoms with Crippen molar-refractivity contribution in [2.75, 3.05) is 13.1 Å². The van der Waals surface area contributed by atoms with Gasteiger partial charge < -0.3 is 10.6 Å². The van der Waals surface area contributed by atoms with Crippen LogP contribution in [0, 0.1) is 17.3 Å². The number of amides is 1. The van der Waals surface area contributed by atoms with Crippen LogP contribution in [-0.2, 0) is 4.79 Å². The van der Waals surface area contributed by atoms with Crippen molar-refractivity contribution in [2.24, 2.45) is 23.0 Å². The minimum atomic E-state index is -0.0469. The molecule has 1 amide bonds. The Bertz CT molecular complexity index is 277. The molecule has 0 aromatic heterocycles. The van der Waals surface area contributed by atoms with E-state index in [0.29, 0.717) is 18.5 Å². The topological polar surface area (TPSA) is 46.3 Å². The Kier molecular flexibility index (Phi) is 8.41. The molecule has 0 radical (unpaired) electrons. The highest BCUT2D eigenvalue weighted by atomic mass is 16.2. The van der Waals surface area contributed by atoms with Crippen molar-refractivity contribution < 1.29 is 4.79 Å². The molecular weight excluding hydrogens is 248 g/mol. The molecular formula is C17H36N2O. The Morgan fingerprint density at radius 3 is 1.95 bits per heavy atom. The molecule has 0 saturated heterocycles. The lowest BCUT2D eigenvalue weighted by atomic mass is 9.83. The minimum absolute atomic E-state index is 0.0469. The highest BCUT2D eigenvalue weighted by molar-refractivity contribution is 5.79. The van der Waals surface area contributed by atoms with E-state index in [1.54, 1.807) is 0 Å². The van der Waals surface area contributed by atoms with E-state index in [0.717, 1.165) is 25.8 Å². The number of carbonyl (C=O) groups is 1. The van der Waals surface area contributed by atoms with Crippen molar-refractivity contribution in [2.45, 2.75) is 73.8 Å². The number of hydrogen-bond donors (Lipinski definition) is 1. The summed E-state index contributed by atoms with van der Waals surface area (Å²) in [6, 6.07) is 0.346. The fourth-order valence-corrected chi connectivity index (χ4v) is 2.79. The predicted molar refractivity (Wildman–Crippen MR) is 87.5 cm³/mol. The van der Waals surface area contributed by atoms with Crippen LogP contribution in [0.5, 0.6) is 0 Å². The summed E-state index contributed by atoms with van der Waals surface area (Å²) >= 11 is 0. The van der Waals surface area contributed by atoms with Crippen molar-refractivity contribution in [3.63, 3.8) is 0 Å². The molecule has 0 aromatic carbocycles. The third-order valence-corrected chi connectivity index (χ3v) is 3.72. The molecule has 0 aromatic rings. The molecule has 0 saturated carbocycles. The van der Waals surface area contributed by atoms with Crippen LogP contribution in [0.15, 0.2) is 0 Å². The lowest BCUT2D eigenvalue weighted by Gasteiger charge is -2.36. The van der Waals surface area contributed by atoms with Gasteiger partial charge in [0.1, 0.15) is 0 Å². The number of carbonyl (C=O) groups excluding carboxylic acids is 1. The van der Waals surface area contributed by atoms with Crippen LogP contribution in [-0.4, -0.2) is 29.9 Å². The van der Waals surface area contributed by atoms with Gasteiger partial charge in [-0.3, -0.25) is 4.79 Å². The quantitative estimate of drug-likeness (QED) is 0.739. The largest absolute Gasteiger partial charge is 0.339 e. The Morgan fingerprint density at radius 1 is 1.15 bits per heavy atom. The predicted octanol–water partition coefficient (Wildman–Crippen LogP) is 3.67. The normalized spacial score (nSPS) is 13.9. The van der Waals surface area contributed by atoms with E-state index in [4.69, 9.17) is 5.73 Å². The lowest BCUT2D eigenvalue weighted by Crippen LogP contribution is -2.47. The maximum atomic E-state index is 12.9. The van der Waals surface area contributed by atoms with Crippen LogP contribution in [0.2, 0.25) is 0 Å². The molecule has 0 bridgehead atoms. The van der Waals surface area contributed by atoms with Crippen LogP contribution in [0.1, 0.15) is 67.7 Å². The lowest BCUT2D eigenvalue weighted by molar-refractivity contribution is -0.139. The van der Waals surface area contributed by atoms with E-state index < -0.39 is 0 Å². The van der Waals surface area contributed by atoms with Gasteiger partial charge in [0.25, 0.3) is 0 Å². The first-order valence-electron chi connectivity index (χ1n) is 8.16. The molecule has 0 aliphatic carbocycles. The second kappa shape index (κ2) is 8.66. The van der Waals surface area contributed by atoms with Crippen LogP contribution >= 0.6 is 0 Å². The third kappa shape index (κ3) is 6.74. The van der Waals surface area contributed by atoms with E-state index in [1.165, 1.54) is 0 Å². The molecule has 20 heavy (non-hydrogen) atoms.